The number of para-hydroxylation sites is 1. The number of fused-ring (bicyclic) bond motifs is 3. The molecule has 1 amide bonds. The van der Waals surface area contributed by atoms with Crippen LogP contribution in [0.3, 0.4) is 0 Å². The van der Waals surface area contributed by atoms with Gasteiger partial charge in [-0.3, -0.25) is 9.69 Å². The average molecular weight is 310 g/mol. The Morgan fingerprint density at radius 2 is 1.46 bits per heavy atom. The Balaban J connectivity index is 1.94. The van der Waals surface area contributed by atoms with Crippen molar-refractivity contribution in [2.75, 3.05) is 4.90 Å². The van der Waals surface area contributed by atoms with Crippen LogP contribution >= 0.6 is 0 Å². The monoisotopic (exact) mass is 310 g/mol. The summed E-state index contributed by atoms with van der Waals surface area (Å²) in [6.07, 6.45) is 0. The number of carbonyl (C=O) groups is 1. The van der Waals surface area contributed by atoms with Gasteiger partial charge in [0.1, 0.15) is 6.04 Å². The Hall–Kier alpha value is -3.38. The third-order valence-corrected chi connectivity index (χ3v) is 4.33. The number of hydrogen-bond acceptors (Lipinski definition) is 2. The molecule has 0 aliphatic carbocycles. The van der Waals surface area contributed by atoms with Gasteiger partial charge < -0.3 is 0 Å². The first-order chi connectivity index (χ1) is 11.8. The van der Waals surface area contributed by atoms with E-state index in [0.29, 0.717) is 5.56 Å². The summed E-state index contributed by atoms with van der Waals surface area (Å²) in [7, 11) is 0. The van der Waals surface area contributed by atoms with Crippen LogP contribution in [-0.2, 0) is 0 Å². The van der Waals surface area contributed by atoms with E-state index in [0.717, 1.165) is 22.4 Å². The maximum atomic E-state index is 13.1. The normalized spacial score (nSPS) is 15.1. The van der Waals surface area contributed by atoms with E-state index in [-0.39, 0.29) is 5.91 Å². The Labute approximate surface area is 140 Å². The van der Waals surface area contributed by atoms with Crippen molar-refractivity contribution < 1.29 is 4.79 Å². The van der Waals surface area contributed by atoms with Crippen molar-refractivity contribution in [2.24, 2.45) is 0 Å². The molecule has 4 rings (SSSR count). The summed E-state index contributed by atoms with van der Waals surface area (Å²) in [5.74, 6) is -0.163. The largest absolute Gasteiger partial charge is 0.287 e. The predicted octanol–water partition coefficient (Wildman–Crippen LogP) is 4.58. The van der Waals surface area contributed by atoms with Gasteiger partial charge in [0, 0.05) is 11.1 Å². The first-order valence-electron chi connectivity index (χ1n) is 7.78. The molecule has 3 aromatic carbocycles. The van der Waals surface area contributed by atoms with E-state index in [9.17, 15) is 10.1 Å². The molecule has 0 radical (unpaired) electrons. The van der Waals surface area contributed by atoms with Gasteiger partial charge >= 0.3 is 0 Å². The van der Waals surface area contributed by atoms with Crippen molar-refractivity contribution in [1.82, 2.24) is 0 Å². The lowest BCUT2D eigenvalue weighted by Crippen LogP contribution is -2.37. The molecular weight excluding hydrogens is 296 g/mol. The van der Waals surface area contributed by atoms with Crippen LogP contribution in [0.25, 0.3) is 11.1 Å². The van der Waals surface area contributed by atoms with Crippen molar-refractivity contribution in [2.45, 2.75) is 6.04 Å². The number of benzene rings is 3. The van der Waals surface area contributed by atoms with Crippen LogP contribution in [0.15, 0.2) is 78.9 Å². The molecule has 0 spiro atoms. The number of nitriles is 1. The van der Waals surface area contributed by atoms with Gasteiger partial charge in [0.25, 0.3) is 5.91 Å². The third kappa shape index (κ3) is 2.09. The fraction of sp³-hybridized carbons (Fsp3) is 0.0476. The zero-order valence-corrected chi connectivity index (χ0v) is 12.9. The van der Waals surface area contributed by atoms with Crippen LogP contribution in [0.4, 0.5) is 5.69 Å². The van der Waals surface area contributed by atoms with Crippen LogP contribution in [0.5, 0.6) is 0 Å². The van der Waals surface area contributed by atoms with Crippen LogP contribution < -0.4 is 4.90 Å². The molecule has 3 heteroatoms. The summed E-state index contributed by atoms with van der Waals surface area (Å²) < 4.78 is 0. The van der Waals surface area contributed by atoms with Crippen LogP contribution in [0.1, 0.15) is 22.0 Å². The van der Waals surface area contributed by atoms with Crippen LogP contribution in [0, 0.1) is 11.3 Å². The van der Waals surface area contributed by atoms with E-state index < -0.39 is 6.04 Å². The molecule has 24 heavy (non-hydrogen) atoms. The molecule has 114 valence electrons. The smallest absolute Gasteiger partial charge is 0.259 e. The highest BCUT2D eigenvalue weighted by Gasteiger charge is 2.35. The maximum absolute atomic E-state index is 13.1. The molecule has 0 bridgehead atoms. The lowest BCUT2D eigenvalue weighted by molar-refractivity contribution is 0.0981. The minimum atomic E-state index is -0.635. The summed E-state index contributed by atoms with van der Waals surface area (Å²) in [6.45, 7) is 0. The zero-order chi connectivity index (χ0) is 16.5. The molecular formula is C21H14N2O. The highest BCUT2D eigenvalue weighted by molar-refractivity contribution is 6.10. The Kier molecular flexibility index (Phi) is 3.36. The van der Waals surface area contributed by atoms with Crippen LogP contribution in [-0.4, -0.2) is 5.91 Å². The summed E-state index contributed by atoms with van der Waals surface area (Å²) in [5, 5.41) is 9.79. The highest BCUT2D eigenvalue weighted by atomic mass is 16.2. The van der Waals surface area contributed by atoms with E-state index in [1.54, 1.807) is 17.0 Å². The van der Waals surface area contributed by atoms with Gasteiger partial charge in [0.2, 0.25) is 0 Å². The molecule has 0 saturated carbocycles. The number of nitrogens with zero attached hydrogens (tertiary/aromatic N) is 2. The number of anilines is 1. The lowest BCUT2D eigenvalue weighted by atomic mass is 9.88. The highest BCUT2D eigenvalue weighted by Crippen LogP contribution is 2.44. The van der Waals surface area contributed by atoms with Crippen molar-refractivity contribution in [3.63, 3.8) is 0 Å². The predicted molar refractivity (Wildman–Crippen MR) is 93.5 cm³/mol. The number of hydrogen-bond donors (Lipinski definition) is 0. The molecule has 1 atom stereocenters. The van der Waals surface area contributed by atoms with Crippen molar-refractivity contribution >= 4 is 11.6 Å². The first kappa shape index (κ1) is 14.2. The minimum absolute atomic E-state index is 0.163. The molecule has 0 N–H and O–H groups in total. The molecule has 1 aliphatic rings. The fourth-order valence-electron chi connectivity index (χ4n) is 3.24. The van der Waals surface area contributed by atoms with E-state index in [4.69, 9.17) is 0 Å². The second kappa shape index (κ2) is 5.68. The molecule has 1 aliphatic heterocycles. The number of rotatable bonds is 1. The standard InChI is InChI=1S/C21H14N2O/c22-14-20-18-12-5-4-10-16(18)17-11-6-7-13-19(17)23(20)21(24)15-8-2-1-3-9-15/h1-13,20H/t20-/m1/s1. The molecule has 0 aromatic heterocycles. The first-order valence-corrected chi connectivity index (χ1v) is 7.78. The lowest BCUT2D eigenvalue weighted by Gasteiger charge is -2.35. The quantitative estimate of drug-likeness (QED) is 0.660. The maximum Gasteiger partial charge on any atom is 0.259 e. The van der Waals surface area contributed by atoms with E-state index in [1.165, 1.54) is 0 Å². The fourth-order valence-corrected chi connectivity index (χ4v) is 3.24. The second-order valence-corrected chi connectivity index (χ2v) is 5.68. The Morgan fingerprint density at radius 1 is 0.833 bits per heavy atom. The van der Waals surface area contributed by atoms with Gasteiger partial charge in [-0.15, -0.1) is 0 Å². The van der Waals surface area contributed by atoms with Gasteiger partial charge in [-0.05, 0) is 29.3 Å². The van der Waals surface area contributed by atoms with Gasteiger partial charge in [-0.1, -0.05) is 60.7 Å². The van der Waals surface area contributed by atoms with E-state index >= 15 is 0 Å². The number of amides is 1. The van der Waals surface area contributed by atoms with Crippen molar-refractivity contribution in [1.29, 1.82) is 5.26 Å². The van der Waals surface area contributed by atoms with Gasteiger partial charge in [-0.2, -0.15) is 5.26 Å². The van der Waals surface area contributed by atoms with Gasteiger partial charge in [0.15, 0.2) is 0 Å². The summed E-state index contributed by atoms with van der Waals surface area (Å²) in [5.41, 5.74) is 4.20. The summed E-state index contributed by atoms with van der Waals surface area (Å²) in [6, 6.07) is 26.3. The second-order valence-electron chi connectivity index (χ2n) is 5.68. The molecule has 0 unspecified atom stereocenters. The SMILES string of the molecule is N#C[C@@H]1c2ccccc2-c2ccccc2N1C(=O)c1ccccc1. The van der Waals surface area contributed by atoms with E-state index in [2.05, 4.69) is 6.07 Å². The average Bonchev–Trinajstić information content (AvgIpc) is 2.67. The molecule has 3 aromatic rings. The van der Waals surface area contributed by atoms with Gasteiger partial charge in [0.05, 0.1) is 11.8 Å². The van der Waals surface area contributed by atoms with Crippen LogP contribution in [0.2, 0.25) is 0 Å². The Bertz CT molecular complexity index is 957. The molecule has 0 saturated heterocycles. The molecule has 0 fully saturated rings. The van der Waals surface area contributed by atoms with E-state index in [1.807, 2.05) is 66.7 Å². The van der Waals surface area contributed by atoms with Crippen molar-refractivity contribution in [3.8, 4) is 17.2 Å². The minimum Gasteiger partial charge on any atom is -0.287 e. The molecule has 1 heterocycles. The van der Waals surface area contributed by atoms with Crippen molar-refractivity contribution in [3.05, 3.63) is 90.0 Å². The number of carbonyl (C=O) groups excluding carboxylic acids is 1. The Morgan fingerprint density at radius 3 is 2.21 bits per heavy atom. The third-order valence-electron chi connectivity index (χ3n) is 4.33. The van der Waals surface area contributed by atoms with Gasteiger partial charge in [-0.25, -0.2) is 0 Å². The zero-order valence-electron chi connectivity index (χ0n) is 12.9. The summed E-state index contributed by atoms with van der Waals surface area (Å²) >= 11 is 0. The topological polar surface area (TPSA) is 44.1 Å². The molecule has 3 nitrogen and oxygen atoms in total. The summed E-state index contributed by atoms with van der Waals surface area (Å²) in [4.78, 5) is 14.7.